The molecule has 0 aromatic carbocycles. The standard InChI is InChI=1S/C9H19NO2S/c1-9(2)12-6-3-10-4-7-13(11)8-5-10/h9H,3-8H2,1-2H3. The Morgan fingerprint density at radius 3 is 2.54 bits per heavy atom. The van der Waals surface area contributed by atoms with Gasteiger partial charge in [0.15, 0.2) is 0 Å². The Kier molecular flexibility index (Phi) is 4.91. The van der Waals surface area contributed by atoms with Crippen LogP contribution in [0.1, 0.15) is 13.8 Å². The van der Waals surface area contributed by atoms with E-state index in [9.17, 15) is 4.21 Å². The minimum Gasteiger partial charge on any atom is -0.377 e. The van der Waals surface area contributed by atoms with Crippen LogP contribution >= 0.6 is 0 Å². The summed E-state index contributed by atoms with van der Waals surface area (Å²) in [5.41, 5.74) is 0. The van der Waals surface area contributed by atoms with Gasteiger partial charge in [-0.05, 0) is 13.8 Å². The van der Waals surface area contributed by atoms with Crippen molar-refractivity contribution in [3.05, 3.63) is 0 Å². The predicted octanol–water partition coefficient (Wildman–Crippen LogP) is 0.476. The SMILES string of the molecule is CC(C)OCCN1CCS(=O)CC1. The van der Waals surface area contributed by atoms with Crippen molar-refractivity contribution in [2.45, 2.75) is 20.0 Å². The van der Waals surface area contributed by atoms with E-state index >= 15 is 0 Å². The van der Waals surface area contributed by atoms with Crippen molar-refractivity contribution in [2.75, 3.05) is 37.7 Å². The fourth-order valence-electron chi connectivity index (χ4n) is 1.32. The van der Waals surface area contributed by atoms with E-state index in [-0.39, 0.29) is 0 Å². The molecule has 0 bridgehead atoms. The lowest BCUT2D eigenvalue weighted by Crippen LogP contribution is -2.39. The number of ether oxygens (including phenoxy) is 1. The molecular weight excluding hydrogens is 186 g/mol. The smallest absolute Gasteiger partial charge is 0.0596 e. The van der Waals surface area contributed by atoms with Gasteiger partial charge in [-0.15, -0.1) is 0 Å². The van der Waals surface area contributed by atoms with Crippen molar-refractivity contribution in [1.29, 1.82) is 0 Å². The number of hydrogen-bond donors (Lipinski definition) is 0. The Morgan fingerprint density at radius 1 is 1.38 bits per heavy atom. The normalized spacial score (nSPS) is 21.2. The Hall–Kier alpha value is 0.0700. The molecule has 0 aromatic rings. The lowest BCUT2D eigenvalue weighted by Gasteiger charge is -2.26. The highest BCUT2D eigenvalue weighted by atomic mass is 32.2. The van der Waals surface area contributed by atoms with E-state index in [0.29, 0.717) is 6.10 Å². The first-order chi connectivity index (χ1) is 6.18. The van der Waals surface area contributed by atoms with Crippen molar-refractivity contribution in [3.8, 4) is 0 Å². The predicted molar refractivity (Wildman–Crippen MR) is 55.4 cm³/mol. The second-order valence-corrected chi connectivity index (χ2v) is 5.31. The molecule has 13 heavy (non-hydrogen) atoms. The van der Waals surface area contributed by atoms with Crippen LogP contribution in [0, 0.1) is 0 Å². The maximum absolute atomic E-state index is 11.0. The van der Waals surface area contributed by atoms with Crippen molar-refractivity contribution in [1.82, 2.24) is 4.90 Å². The highest BCUT2D eigenvalue weighted by Crippen LogP contribution is 1.99. The zero-order chi connectivity index (χ0) is 9.68. The van der Waals surface area contributed by atoms with Gasteiger partial charge >= 0.3 is 0 Å². The Labute approximate surface area is 82.9 Å². The third-order valence-corrected chi connectivity index (χ3v) is 3.40. The quantitative estimate of drug-likeness (QED) is 0.668. The van der Waals surface area contributed by atoms with E-state index in [1.54, 1.807) is 0 Å². The third kappa shape index (κ3) is 4.74. The molecule has 0 aromatic heterocycles. The lowest BCUT2D eigenvalue weighted by atomic mass is 10.4. The van der Waals surface area contributed by atoms with Crippen LogP contribution in [0.25, 0.3) is 0 Å². The molecule has 1 aliphatic heterocycles. The second kappa shape index (κ2) is 5.73. The van der Waals surface area contributed by atoms with Crippen molar-refractivity contribution in [2.24, 2.45) is 0 Å². The molecule has 0 spiro atoms. The molecule has 0 atom stereocenters. The van der Waals surface area contributed by atoms with Crippen molar-refractivity contribution < 1.29 is 8.95 Å². The van der Waals surface area contributed by atoms with Gasteiger partial charge in [0.2, 0.25) is 0 Å². The summed E-state index contributed by atoms with van der Waals surface area (Å²) in [6.45, 7) is 7.80. The largest absolute Gasteiger partial charge is 0.377 e. The van der Waals surface area contributed by atoms with Gasteiger partial charge in [-0.3, -0.25) is 9.11 Å². The number of hydrogen-bond acceptors (Lipinski definition) is 3. The van der Waals surface area contributed by atoms with E-state index in [2.05, 4.69) is 4.90 Å². The van der Waals surface area contributed by atoms with Crippen molar-refractivity contribution >= 4 is 10.8 Å². The van der Waals surface area contributed by atoms with Gasteiger partial charge < -0.3 is 4.74 Å². The maximum Gasteiger partial charge on any atom is 0.0596 e. The summed E-state index contributed by atoms with van der Waals surface area (Å²) in [6.07, 6.45) is 0.318. The molecule has 0 aliphatic carbocycles. The fraction of sp³-hybridized carbons (Fsp3) is 1.00. The summed E-state index contributed by atoms with van der Waals surface area (Å²) in [5.74, 6) is 1.67. The maximum atomic E-state index is 11.0. The van der Waals surface area contributed by atoms with Gasteiger partial charge in [-0.25, -0.2) is 0 Å². The van der Waals surface area contributed by atoms with Gasteiger partial charge in [0.1, 0.15) is 0 Å². The number of rotatable bonds is 4. The first-order valence-electron chi connectivity index (χ1n) is 4.87. The molecule has 1 rings (SSSR count). The molecule has 1 heterocycles. The summed E-state index contributed by atoms with van der Waals surface area (Å²) >= 11 is 0. The average Bonchev–Trinajstić information content (AvgIpc) is 2.08. The molecule has 78 valence electrons. The summed E-state index contributed by atoms with van der Waals surface area (Å²) in [6, 6.07) is 0. The van der Waals surface area contributed by atoms with Crippen molar-refractivity contribution in [3.63, 3.8) is 0 Å². The van der Waals surface area contributed by atoms with Crippen LogP contribution in [-0.4, -0.2) is 53.0 Å². The van der Waals surface area contributed by atoms with Crippen LogP contribution < -0.4 is 0 Å². The van der Waals surface area contributed by atoms with Crippen LogP contribution in [0.4, 0.5) is 0 Å². The van der Waals surface area contributed by atoms with Gasteiger partial charge in [0.05, 0.1) is 12.7 Å². The molecule has 0 unspecified atom stereocenters. The summed E-state index contributed by atoms with van der Waals surface area (Å²) in [4.78, 5) is 2.32. The van der Waals surface area contributed by atoms with Gasteiger partial charge in [0.25, 0.3) is 0 Å². The lowest BCUT2D eigenvalue weighted by molar-refractivity contribution is 0.0608. The summed E-state index contributed by atoms with van der Waals surface area (Å²) in [5, 5.41) is 0. The van der Waals surface area contributed by atoms with E-state index in [0.717, 1.165) is 37.7 Å². The Balaban J connectivity index is 2.05. The summed E-state index contributed by atoms with van der Waals surface area (Å²) in [7, 11) is -0.558. The van der Waals surface area contributed by atoms with Crippen LogP contribution in [0.5, 0.6) is 0 Å². The van der Waals surface area contributed by atoms with Gasteiger partial charge in [0, 0.05) is 41.9 Å². The molecule has 0 N–H and O–H groups in total. The van der Waals surface area contributed by atoms with E-state index < -0.39 is 10.8 Å². The highest BCUT2D eigenvalue weighted by Gasteiger charge is 2.14. The molecule has 1 aliphatic rings. The van der Waals surface area contributed by atoms with Crippen LogP contribution in [-0.2, 0) is 15.5 Å². The van der Waals surface area contributed by atoms with Crippen LogP contribution in [0.3, 0.4) is 0 Å². The highest BCUT2D eigenvalue weighted by molar-refractivity contribution is 7.85. The minimum atomic E-state index is -0.558. The topological polar surface area (TPSA) is 29.5 Å². The minimum absolute atomic E-state index is 0.318. The van der Waals surface area contributed by atoms with Crippen LogP contribution in [0.2, 0.25) is 0 Å². The molecule has 4 heteroatoms. The van der Waals surface area contributed by atoms with Gasteiger partial charge in [-0.2, -0.15) is 0 Å². The monoisotopic (exact) mass is 205 g/mol. The molecule has 0 saturated carbocycles. The summed E-state index contributed by atoms with van der Waals surface area (Å²) < 4.78 is 16.5. The third-order valence-electron chi connectivity index (χ3n) is 2.13. The Bertz CT molecular complexity index is 163. The van der Waals surface area contributed by atoms with Gasteiger partial charge in [-0.1, -0.05) is 0 Å². The first kappa shape index (κ1) is 11.1. The molecular formula is C9H19NO2S. The average molecular weight is 205 g/mol. The van der Waals surface area contributed by atoms with Crippen LogP contribution in [0.15, 0.2) is 0 Å². The molecule has 3 nitrogen and oxygen atoms in total. The molecule has 0 amide bonds. The zero-order valence-electron chi connectivity index (χ0n) is 8.49. The molecule has 1 saturated heterocycles. The Morgan fingerprint density at radius 2 is 2.00 bits per heavy atom. The number of nitrogens with zero attached hydrogens (tertiary/aromatic N) is 1. The molecule has 0 radical (unpaired) electrons. The van der Waals surface area contributed by atoms with E-state index in [4.69, 9.17) is 4.74 Å². The second-order valence-electron chi connectivity index (χ2n) is 3.61. The first-order valence-corrected chi connectivity index (χ1v) is 6.36. The van der Waals surface area contributed by atoms with E-state index in [1.165, 1.54) is 0 Å². The zero-order valence-corrected chi connectivity index (χ0v) is 9.31. The van der Waals surface area contributed by atoms with E-state index in [1.807, 2.05) is 13.8 Å². The fourth-order valence-corrected chi connectivity index (χ4v) is 2.44. The molecule has 1 fully saturated rings.